The van der Waals surface area contributed by atoms with E-state index in [1.807, 2.05) is 0 Å². The van der Waals surface area contributed by atoms with E-state index in [1.165, 1.54) is 0 Å². The van der Waals surface area contributed by atoms with E-state index in [0.29, 0.717) is 19.3 Å². The molecule has 0 saturated heterocycles. The maximum absolute atomic E-state index is 10.8. The third kappa shape index (κ3) is 1.53. The van der Waals surface area contributed by atoms with Crippen LogP contribution in [0.1, 0.15) is 26.2 Å². The van der Waals surface area contributed by atoms with Gasteiger partial charge < -0.3 is 6.15 Å². The second-order valence-electron chi connectivity index (χ2n) is 3.12. The largest absolute Gasteiger partial charge is 0.344 e. The topological polar surface area (TPSA) is 89.4 Å². The van der Waals surface area contributed by atoms with Gasteiger partial charge in [0.25, 0.3) is 10.1 Å². The first-order valence-corrected chi connectivity index (χ1v) is 4.99. The number of allylic oxidation sites excluding steroid dienone is 1. The quantitative estimate of drug-likeness (QED) is 0.514. The molecule has 0 aromatic rings. The summed E-state index contributed by atoms with van der Waals surface area (Å²) in [4.78, 5) is 0. The molecule has 1 fully saturated rings. The molecule has 0 aromatic heterocycles. The lowest BCUT2D eigenvalue weighted by atomic mass is 9.78. The van der Waals surface area contributed by atoms with Gasteiger partial charge in [-0.3, -0.25) is 4.55 Å². The van der Waals surface area contributed by atoms with E-state index in [9.17, 15) is 8.42 Å². The molecule has 1 saturated carbocycles. The van der Waals surface area contributed by atoms with E-state index in [-0.39, 0.29) is 6.15 Å². The van der Waals surface area contributed by atoms with Crippen LogP contribution in [-0.2, 0) is 10.1 Å². The summed E-state index contributed by atoms with van der Waals surface area (Å²) in [5.74, 6) is 0. The molecule has 1 aliphatic carbocycles. The Labute approximate surface area is 73.0 Å². The van der Waals surface area contributed by atoms with Crippen molar-refractivity contribution in [2.75, 3.05) is 0 Å². The summed E-state index contributed by atoms with van der Waals surface area (Å²) in [5.41, 5.74) is 0.907. The molecule has 0 spiro atoms. The molecule has 4 nitrogen and oxygen atoms in total. The monoisotopic (exact) mass is 193 g/mol. The van der Waals surface area contributed by atoms with Crippen LogP contribution in [0.4, 0.5) is 0 Å². The molecule has 0 aliphatic heterocycles. The Bertz CT molecular complexity index is 273. The average molecular weight is 193 g/mol. The Balaban J connectivity index is 0.00000121. The zero-order valence-electron chi connectivity index (χ0n) is 7.21. The first-order valence-electron chi connectivity index (χ1n) is 3.55. The summed E-state index contributed by atoms with van der Waals surface area (Å²) in [5, 5.41) is 0. The van der Waals surface area contributed by atoms with E-state index in [2.05, 4.69) is 6.58 Å². The fraction of sp³-hybridized carbons (Fsp3) is 0.714. The van der Waals surface area contributed by atoms with Crippen LogP contribution in [0.5, 0.6) is 0 Å². The highest BCUT2D eigenvalue weighted by molar-refractivity contribution is 7.87. The summed E-state index contributed by atoms with van der Waals surface area (Å²) >= 11 is 0. The zero-order chi connectivity index (χ0) is 8.70. The Morgan fingerprint density at radius 1 is 1.58 bits per heavy atom. The summed E-state index contributed by atoms with van der Waals surface area (Å²) in [6, 6.07) is 0. The molecule has 0 heterocycles. The first-order chi connectivity index (χ1) is 4.91. The second kappa shape index (κ2) is 3.16. The SMILES string of the molecule is C=C1CC(CC)(S(=O)(=O)O)C1.N. The Morgan fingerprint density at radius 2 is 2.00 bits per heavy atom. The van der Waals surface area contributed by atoms with E-state index in [0.717, 1.165) is 5.57 Å². The molecule has 0 unspecified atom stereocenters. The van der Waals surface area contributed by atoms with Crippen LogP contribution in [0.2, 0.25) is 0 Å². The van der Waals surface area contributed by atoms with Crippen molar-refractivity contribution in [3.8, 4) is 0 Å². The van der Waals surface area contributed by atoms with Gasteiger partial charge in [0.2, 0.25) is 0 Å². The molecule has 0 bridgehead atoms. The van der Waals surface area contributed by atoms with Gasteiger partial charge in [-0.25, -0.2) is 0 Å². The lowest BCUT2D eigenvalue weighted by Crippen LogP contribution is -2.45. The predicted molar refractivity (Wildman–Crippen MR) is 48.0 cm³/mol. The van der Waals surface area contributed by atoms with Crippen molar-refractivity contribution in [3.63, 3.8) is 0 Å². The van der Waals surface area contributed by atoms with E-state index in [1.54, 1.807) is 6.92 Å². The van der Waals surface area contributed by atoms with E-state index < -0.39 is 14.9 Å². The highest BCUT2D eigenvalue weighted by Crippen LogP contribution is 2.44. The predicted octanol–water partition coefficient (Wildman–Crippen LogP) is 1.53. The average Bonchev–Trinajstić information content (AvgIpc) is 1.77. The fourth-order valence-corrected chi connectivity index (χ4v) is 2.61. The molecular weight excluding hydrogens is 178 g/mol. The fourth-order valence-electron chi connectivity index (χ4n) is 1.47. The highest BCUT2D eigenvalue weighted by Gasteiger charge is 2.48. The molecule has 4 N–H and O–H groups in total. The molecule has 0 amide bonds. The van der Waals surface area contributed by atoms with Crippen molar-refractivity contribution in [1.29, 1.82) is 0 Å². The molecule has 1 aliphatic rings. The third-order valence-corrected chi connectivity index (χ3v) is 4.01. The first kappa shape index (κ1) is 11.6. The van der Waals surface area contributed by atoms with Crippen LogP contribution < -0.4 is 6.15 Å². The van der Waals surface area contributed by atoms with Gasteiger partial charge >= 0.3 is 0 Å². The molecule has 5 heteroatoms. The molecule has 0 aromatic carbocycles. The van der Waals surface area contributed by atoms with Crippen LogP contribution in [-0.4, -0.2) is 17.7 Å². The Kier molecular flexibility index (Phi) is 3.06. The van der Waals surface area contributed by atoms with Gasteiger partial charge in [0.15, 0.2) is 0 Å². The van der Waals surface area contributed by atoms with Gasteiger partial charge in [0.1, 0.15) is 4.75 Å². The molecule has 0 radical (unpaired) electrons. The maximum Gasteiger partial charge on any atom is 0.271 e. The van der Waals surface area contributed by atoms with Crippen LogP contribution in [0.15, 0.2) is 12.2 Å². The van der Waals surface area contributed by atoms with E-state index in [4.69, 9.17) is 4.55 Å². The van der Waals surface area contributed by atoms with Crippen molar-refractivity contribution in [1.82, 2.24) is 6.15 Å². The molecule has 12 heavy (non-hydrogen) atoms. The van der Waals surface area contributed by atoms with Crippen LogP contribution in [0, 0.1) is 0 Å². The third-order valence-electron chi connectivity index (χ3n) is 2.34. The number of hydrogen-bond donors (Lipinski definition) is 2. The summed E-state index contributed by atoms with van der Waals surface area (Å²) in [6.07, 6.45) is 1.30. The van der Waals surface area contributed by atoms with Crippen LogP contribution in [0.3, 0.4) is 0 Å². The van der Waals surface area contributed by atoms with Gasteiger partial charge in [-0.2, -0.15) is 8.42 Å². The van der Waals surface area contributed by atoms with Crippen molar-refractivity contribution in [3.05, 3.63) is 12.2 Å². The Hall–Kier alpha value is -0.390. The smallest absolute Gasteiger partial charge is 0.271 e. The minimum Gasteiger partial charge on any atom is -0.344 e. The highest BCUT2D eigenvalue weighted by atomic mass is 32.2. The van der Waals surface area contributed by atoms with Crippen molar-refractivity contribution < 1.29 is 13.0 Å². The lowest BCUT2D eigenvalue weighted by Gasteiger charge is -2.39. The number of hydrogen-bond acceptors (Lipinski definition) is 3. The summed E-state index contributed by atoms with van der Waals surface area (Å²) < 4.78 is 29.6. The van der Waals surface area contributed by atoms with Crippen LogP contribution in [0.25, 0.3) is 0 Å². The molecule has 72 valence electrons. The standard InChI is InChI=1S/C7H12O3S.H3N/c1-3-7(11(8,9)10)4-6(2)5-7;/h2-5H2,1H3,(H,8,9,10);1H3. The molecule has 1 rings (SSSR count). The number of rotatable bonds is 2. The molecular formula is C7H15NO3S. The minimum atomic E-state index is -3.87. The Morgan fingerprint density at radius 3 is 2.08 bits per heavy atom. The van der Waals surface area contributed by atoms with Crippen molar-refractivity contribution in [2.45, 2.75) is 30.9 Å². The molecule has 0 atom stereocenters. The van der Waals surface area contributed by atoms with Gasteiger partial charge in [0, 0.05) is 0 Å². The normalized spacial score (nSPS) is 21.0. The second-order valence-corrected chi connectivity index (χ2v) is 4.93. The van der Waals surface area contributed by atoms with E-state index >= 15 is 0 Å². The summed E-state index contributed by atoms with van der Waals surface area (Å²) in [6.45, 7) is 5.41. The minimum absolute atomic E-state index is 0. The van der Waals surface area contributed by atoms with Crippen LogP contribution >= 0.6 is 0 Å². The zero-order valence-corrected chi connectivity index (χ0v) is 8.02. The van der Waals surface area contributed by atoms with Gasteiger partial charge in [-0.15, -0.1) is 0 Å². The maximum atomic E-state index is 10.8. The van der Waals surface area contributed by atoms with Gasteiger partial charge in [0.05, 0.1) is 0 Å². The van der Waals surface area contributed by atoms with Gasteiger partial charge in [-0.05, 0) is 19.3 Å². The lowest BCUT2D eigenvalue weighted by molar-refractivity contribution is 0.364. The van der Waals surface area contributed by atoms with Crippen molar-refractivity contribution in [2.24, 2.45) is 0 Å². The summed E-state index contributed by atoms with van der Waals surface area (Å²) in [7, 11) is -3.87. The van der Waals surface area contributed by atoms with Gasteiger partial charge in [-0.1, -0.05) is 19.1 Å². The van der Waals surface area contributed by atoms with Crippen molar-refractivity contribution >= 4 is 10.1 Å².